The maximum Gasteiger partial charge on any atom is 0.337 e. The fourth-order valence-corrected chi connectivity index (χ4v) is 5.87. The van der Waals surface area contributed by atoms with Crippen LogP contribution in [0.1, 0.15) is 36.7 Å². The Labute approximate surface area is 214 Å². The van der Waals surface area contributed by atoms with Gasteiger partial charge in [0.25, 0.3) is 18.3 Å². The lowest BCUT2D eigenvalue weighted by molar-refractivity contribution is 0.0697. The fraction of sp³-hybridized carbons (Fsp3) is 0.296. The number of benzene rings is 3. The smallest absolute Gasteiger partial charge is 0.337 e. The summed E-state index contributed by atoms with van der Waals surface area (Å²) >= 11 is 0. The second kappa shape index (κ2) is 10.4. The molecule has 0 radical (unpaired) electrons. The molecule has 0 fully saturated rings. The van der Waals surface area contributed by atoms with E-state index in [0.717, 1.165) is 4.31 Å². The fourth-order valence-electron chi connectivity index (χ4n) is 3.37. The number of carboxylic acids is 1. The molecule has 1 N–H and O–H groups in total. The lowest BCUT2D eigenvalue weighted by Crippen LogP contribution is -2.44. The van der Waals surface area contributed by atoms with E-state index in [9.17, 15) is 18.3 Å². The van der Waals surface area contributed by atoms with Crippen molar-refractivity contribution in [3.8, 4) is 11.5 Å². The van der Waals surface area contributed by atoms with Gasteiger partial charge >= 0.3 is 5.97 Å². The Balaban J connectivity index is 2.28. The number of nitrogens with zero attached hydrogens (tertiary/aromatic N) is 1. The van der Waals surface area contributed by atoms with Crippen LogP contribution in [0.4, 0.5) is 5.69 Å². The minimum atomic E-state index is -4.20. The first-order chi connectivity index (χ1) is 16.8. The maximum absolute atomic E-state index is 14.1. The third-order valence-electron chi connectivity index (χ3n) is 6.47. The van der Waals surface area contributed by atoms with Crippen molar-refractivity contribution in [2.75, 3.05) is 11.4 Å². The monoisotopic (exact) mass is 527 g/mol. The van der Waals surface area contributed by atoms with E-state index in [-0.39, 0.29) is 33.5 Å². The third-order valence-corrected chi connectivity index (χ3v) is 12.6. The number of sulfonamides is 1. The van der Waals surface area contributed by atoms with Gasteiger partial charge in [0, 0.05) is 0 Å². The predicted molar refractivity (Wildman–Crippen MR) is 144 cm³/mol. The van der Waals surface area contributed by atoms with Gasteiger partial charge in [-0.15, -0.1) is 0 Å². The minimum Gasteiger partial charge on any atom is -0.542 e. The number of para-hydroxylation sites is 1. The highest BCUT2D eigenvalue weighted by molar-refractivity contribution is 7.92. The van der Waals surface area contributed by atoms with Crippen molar-refractivity contribution >= 4 is 30.0 Å². The predicted octanol–water partition coefficient (Wildman–Crippen LogP) is 6.17. The molecule has 3 rings (SSSR count). The average Bonchev–Trinajstić information content (AvgIpc) is 2.82. The lowest BCUT2D eigenvalue weighted by Gasteiger charge is -2.38. The first-order valence-electron chi connectivity index (χ1n) is 11.5. The molecule has 0 unspecified atom stereocenters. The van der Waals surface area contributed by atoms with E-state index in [2.05, 4.69) is 20.8 Å². The van der Waals surface area contributed by atoms with Gasteiger partial charge in [-0.25, -0.2) is 13.2 Å². The van der Waals surface area contributed by atoms with Gasteiger partial charge in [-0.2, -0.15) is 0 Å². The Hall–Kier alpha value is -3.30. The molecular formula is C27H33NO6SSi. The van der Waals surface area contributed by atoms with Gasteiger partial charge < -0.3 is 14.3 Å². The summed E-state index contributed by atoms with van der Waals surface area (Å²) in [4.78, 5) is 12.4. The first kappa shape index (κ1) is 27.3. The van der Waals surface area contributed by atoms with E-state index < -0.39 is 24.3 Å². The minimum absolute atomic E-state index is 0.00879. The molecule has 0 heterocycles. The summed E-state index contributed by atoms with van der Waals surface area (Å²) in [6.45, 7) is 10.2. The molecule has 0 bridgehead atoms. The molecule has 36 heavy (non-hydrogen) atoms. The van der Waals surface area contributed by atoms with E-state index in [4.69, 9.17) is 9.16 Å². The van der Waals surface area contributed by atoms with Crippen LogP contribution in [0.5, 0.6) is 11.5 Å². The van der Waals surface area contributed by atoms with Crippen LogP contribution in [0, 0.1) is 0 Å². The Morgan fingerprint density at radius 1 is 0.944 bits per heavy atom. The maximum atomic E-state index is 14.1. The number of rotatable bonds is 9. The van der Waals surface area contributed by atoms with E-state index in [1.54, 1.807) is 36.4 Å². The number of hydrogen-bond acceptors (Lipinski definition) is 5. The summed E-state index contributed by atoms with van der Waals surface area (Å²) in [7, 11) is -5.15. The van der Waals surface area contributed by atoms with Crippen molar-refractivity contribution in [2.24, 2.45) is 0 Å². The van der Waals surface area contributed by atoms with Crippen LogP contribution in [0.15, 0.2) is 77.7 Å². The molecule has 7 nitrogen and oxygen atoms in total. The number of aromatic carboxylic acids is 1. The molecule has 0 spiro atoms. The lowest BCUT2D eigenvalue weighted by atomic mass is 10.1. The van der Waals surface area contributed by atoms with Gasteiger partial charge in [-0.05, 0) is 60.1 Å². The van der Waals surface area contributed by atoms with Crippen LogP contribution >= 0.6 is 0 Å². The van der Waals surface area contributed by atoms with E-state index >= 15 is 0 Å². The van der Waals surface area contributed by atoms with Crippen LogP contribution in [0.3, 0.4) is 0 Å². The third kappa shape index (κ3) is 5.74. The highest BCUT2D eigenvalue weighted by Crippen LogP contribution is 2.43. The van der Waals surface area contributed by atoms with Gasteiger partial charge in [0.2, 0.25) is 0 Å². The van der Waals surface area contributed by atoms with E-state index in [1.165, 1.54) is 25.3 Å². The number of hydrogen-bond donors (Lipinski definition) is 1. The van der Waals surface area contributed by atoms with Crippen molar-refractivity contribution in [3.05, 3.63) is 83.9 Å². The largest absolute Gasteiger partial charge is 0.542 e. The number of carboxylic acid groups (broad SMARTS) is 1. The molecule has 0 aromatic heterocycles. The molecule has 0 atom stereocenters. The number of anilines is 1. The van der Waals surface area contributed by atoms with Gasteiger partial charge in [-0.3, -0.25) is 4.31 Å². The number of ether oxygens (including phenoxy) is 1. The summed E-state index contributed by atoms with van der Waals surface area (Å²) in [5, 5.41) is 9.89. The molecule has 0 saturated carbocycles. The second-order valence-electron chi connectivity index (χ2n) is 9.99. The summed E-state index contributed by atoms with van der Waals surface area (Å²) in [5.74, 6) is -0.500. The molecule has 3 aromatic carbocycles. The SMILES string of the molecule is COc1ccc(S(=O)(=O)N(Cc2ccccc2)c2c(O[Si](C)(C)C(C)(C)C)cccc2C(=O)O)cc1. The van der Waals surface area contributed by atoms with Gasteiger partial charge in [0.15, 0.2) is 0 Å². The van der Waals surface area contributed by atoms with Crippen LogP contribution in [0.25, 0.3) is 0 Å². The number of methoxy groups -OCH3 is 1. The van der Waals surface area contributed by atoms with Crippen molar-refractivity contribution < 1.29 is 27.5 Å². The van der Waals surface area contributed by atoms with E-state index in [0.29, 0.717) is 11.3 Å². The van der Waals surface area contributed by atoms with Crippen molar-refractivity contribution in [1.82, 2.24) is 0 Å². The molecule has 0 saturated heterocycles. The second-order valence-corrected chi connectivity index (χ2v) is 16.6. The van der Waals surface area contributed by atoms with Gasteiger partial charge in [-0.1, -0.05) is 57.2 Å². The van der Waals surface area contributed by atoms with Crippen LogP contribution in [-0.2, 0) is 16.6 Å². The molecule has 0 aliphatic rings. The molecule has 0 amide bonds. The molecule has 0 aliphatic carbocycles. The Bertz CT molecular complexity index is 1320. The highest BCUT2D eigenvalue weighted by Gasteiger charge is 2.41. The molecule has 192 valence electrons. The average molecular weight is 528 g/mol. The van der Waals surface area contributed by atoms with Crippen molar-refractivity contribution in [3.63, 3.8) is 0 Å². The zero-order chi connectivity index (χ0) is 26.7. The van der Waals surface area contributed by atoms with Crippen LogP contribution < -0.4 is 13.5 Å². The standard InChI is InChI=1S/C27H33NO6SSi/c1-27(2,3)36(5,6)34-24-14-10-13-23(26(29)30)25(24)28(19-20-11-8-7-9-12-20)35(31,32)22-17-15-21(33-4)16-18-22/h7-18H,19H2,1-6H3,(H,29,30). The molecule has 3 aromatic rings. The van der Waals surface area contributed by atoms with Crippen LogP contribution in [0.2, 0.25) is 18.1 Å². The highest BCUT2D eigenvalue weighted by atomic mass is 32.2. The normalized spacial score (nSPS) is 12.2. The van der Waals surface area contributed by atoms with E-state index in [1.807, 2.05) is 31.3 Å². The quantitative estimate of drug-likeness (QED) is 0.334. The molecule has 9 heteroatoms. The van der Waals surface area contributed by atoms with Gasteiger partial charge in [0.1, 0.15) is 17.2 Å². The number of carbonyl (C=O) groups is 1. The Kier molecular flexibility index (Phi) is 7.85. The molecular weight excluding hydrogens is 494 g/mol. The van der Waals surface area contributed by atoms with Gasteiger partial charge in [0.05, 0.1) is 24.1 Å². The Morgan fingerprint density at radius 2 is 1.56 bits per heavy atom. The van der Waals surface area contributed by atoms with Crippen molar-refractivity contribution in [1.29, 1.82) is 0 Å². The summed E-state index contributed by atoms with van der Waals surface area (Å²) in [5.41, 5.74) is 0.557. The summed E-state index contributed by atoms with van der Waals surface area (Å²) in [6.07, 6.45) is 0. The topological polar surface area (TPSA) is 93.1 Å². The zero-order valence-electron chi connectivity index (χ0n) is 21.5. The van der Waals surface area contributed by atoms with Crippen LogP contribution in [-0.4, -0.2) is 34.9 Å². The summed E-state index contributed by atoms with van der Waals surface area (Å²) < 4.78 is 41.0. The zero-order valence-corrected chi connectivity index (χ0v) is 23.3. The first-order valence-corrected chi connectivity index (χ1v) is 15.9. The Morgan fingerprint density at radius 3 is 2.08 bits per heavy atom. The molecule has 0 aliphatic heterocycles. The van der Waals surface area contributed by atoms with Crippen molar-refractivity contribution in [2.45, 2.75) is 50.3 Å². The summed E-state index contributed by atoms with van der Waals surface area (Å²) in [6, 6.07) is 19.7.